The normalized spacial score (nSPS) is 36.9. The molecule has 2 nitrogen and oxygen atoms in total. The fourth-order valence-electron chi connectivity index (χ4n) is 2.51. The fraction of sp³-hybridized carbons (Fsp3) is 0.900. The van der Waals surface area contributed by atoms with E-state index in [2.05, 4.69) is 11.0 Å². The van der Waals surface area contributed by atoms with Gasteiger partial charge in [0.2, 0.25) is 0 Å². The number of fused-ring (bicyclic) bond motifs is 1. The molecule has 0 aliphatic carbocycles. The summed E-state index contributed by atoms with van der Waals surface area (Å²) in [5, 5.41) is 8.81. The second kappa shape index (κ2) is 3.45. The largest absolute Gasteiger partial charge is 0.300 e. The Morgan fingerprint density at radius 1 is 1.17 bits per heavy atom. The van der Waals surface area contributed by atoms with Crippen molar-refractivity contribution in [3.63, 3.8) is 0 Å². The third kappa shape index (κ3) is 1.47. The van der Waals surface area contributed by atoms with Crippen LogP contribution >= 0.6 is 0 Å². The van der Waals surface area contributed by atoms with Crippen molar-refractivity contribution >= 4 is 0 Å². The molecule has 2 rings (SSSR count). The topological polar surface area (TPSA) is 27.0 Å². The number of rotatable bonds is 0. The molecule has 0 N–H and O–H groups in total. The molecular weight excluding hydrogens is 148 g/mol. The number of nitriles is 1. The number of hydrogen-bond donors (Lipinski definition) is 0. The van der Waals surface area contributed by atoms with E-state index in [4.69, 9.17) is 5.26 Å². The highest BCUT2D eigenvalue weighted by atomic mass is 15.2. The Kier molecular flexibility index (Phi) is 2.32. The lowest BCUT2D eigenvalue weighted by atomic mass is 9.87. The molecule has 0 amide bonds. The van der Waals surface area contributed by atoms with E-state index in [1.165, 1.54) is 32.4 Å². The maximum absolute atomic E-state index is 8.81. The second-order valence-corrected chi connectivity index (χ2v) is 4.04. The van der Waals surface area contributed by atoms with Gasteiger partial charge in [0.05, 0.1) is 6.07 Å². The summed E-state index contributed by atoms with van der Waals surface area (Å²) < 4.78 is 0. The van der Waals surface area contributed by atoms with Crippen molar-refractivity contribution in [2.75, 3.05) is 13.1 Å². The summed E-state index contributed by atoms with van der Waals surface area (Å²) in [6.07, 6.45) is 6.31. The molecule has 2 heterocycles. The van der Waals surface area contributed by atoms with Gasteiger partial charge < -0.3 is 4.90 Å². The molecular formula is C10H16N2. The molecule has 2 saturated heterocycles. The quantitative estimate of drug-likeness (QED) is 0.545. The first-order valence-electron chi connectivity index (χ1n) is 5.04. The van der Waals surface area contributed by atoms with Gasteiger partial charge in [-0.1, -0.05) is 6.42 Å². The average molecular weight is 164 g/mol. The van der Waals surface area contributed by atoms with Crippen LogP contribution in [-0.2, 0) is 0 Å². The molecule has 0 aromatic rings. The van der Waals surface area contributed by atoms with E-state index in [1.54, 1.807) is 0 Å². The zero-order valence-corrected chi connectivity index (χ0v) is 7.50. The molecule has 2 aliphatic heterocycles. The number of nitrogens with zero attached hydrogens (tertiary/aromatic N) is 2. The van der Waals surface area contributed by atoms with Crippen molar-refractivity contribution < 1.29 is 0 Å². The molecule has 2 atom stereocenters. The van der Waals surface area contributed by atoms with Crippen LogP contribution in [0, 0.1) is 17.2 Å². The minimum absolute atomic E-state index is 0.351. The minimum Gasteiger partial charge on any atom is -0.300 e. The van der Waals surface area contributed by atoms with Gasteiger partial charge in [-0.3, -0.25) is 0 Å². The van der Waals surface area contributed by atoms with Gasteiger partial charge in [-0.2, -0.15) is 5.26 Å². The third-order valence-corrected chi connectivity index (χ3v) is 3.25. The first-order chi connectivity index (χ1) is 5.90. The fourth-order valence-corrected chi connectivity index (χ4v) is 2.51. The molecule has 12 heavy (non-hydrogen) atoms. The van der Waals surface area contributed by atoms with Gasteiger partial charge in [0.25, 0.3) is 0 Å². The molecule has 2 heteroatoms. The van der Waals surface area contributed by atoms with Gasteiger partial charge in [0.1, 0.15) is 0 Å². The zero-order valence-electron chi connectivity index (χ0n) is 7.50. The SMILES string of the molecule is N#CC1CCN2CCCCC2C1. The van der Waals surface area contributed by atoms with Crippen LogP contribution in [0.2, 0.25) is 0 Å². The Labute approximate surface area is 74.2 Å². The molecule has 0 aromatic carbocycles. The van der Waals surface area contributed by atoms with E-state index >= 15 is 0 Å². The molecule has 2 fully saturated rings. The summed E-state index contributed by atoms with van der Waals surface area (Å²) in [6.45, 7) is 2.45. The highest BCUT2D eigenvalue weighted by Crippen LogP contribution is 2.28. The average Bonchev–Trinajstić information content (AvgIpc) is 2.17. The van der Waals surface area contributed by atoms with E-state index in [9.17, 15) is 0 Å². The summed E-state index contributed by atoms with van der Waals surface area (Å²) in [4.78, 5) is 2.58. The first-order valence-corrected chi connectivity index (χ1v) is 5.04. The van der Waals surface area contributed by atoms with Gasteiger partial charge >= 0.3 is 0 Å². The summed E-state index contributed by atoms with van der Waals surface area (Å²) in [7, 11) is 0. The summed E-state index contributed by atoms with van der Waals surface area (Å²) in [5.41, 5.74) is 0. The van der Waals surface area contributed by atoms with Gasteiger partial charge in [0, 0.05) is 12.0 Å². The Bertz CT molecular complexity index is 195. The van der Waals surface area contributed by atoms with Crippen molar-refractivity contribution in [3.05, 3.63) is 0 Å². The highest BCUT2D eigenvalue weighted by molar-refractivity contribution is 4.93. The lowest BCUT2D eigenvalue weighted by Gasteiger charge is -2.40. The van der Waals surface area contributed by atoms with Gasteiger partial charge in [0.15, 0.2) is 0 Å². The van der Waals surface area contributed by atoms with Crippen LogP contribution in [0.5, 0.6) is 0 Å². The lowest BCUT2D eigenvalue weighted by Crippen LogP contribution is -2.45. The van der Waals surface area contributed by atoms with E-state index < -0.39 is 0 Å². The maximum atomic E-state index is 8.81. The summed E-state index contributed by atoms with van der Waals surface area (Å²) in [6, 6.07) is 3.16. The molecule has 2 aliphatic rings. The Morgan fingerprint density at radius 3 is 2.92 bits per heavy atom. The van der Waals surface area contributed by atoms with Crippen LogP contribution in [-0.4, -0.2) is 24.0 Å². The van der Waals surface area contributed by atoms with E-state index in [0.29, 0.717) is 5.92 Å². The van der Waals surface area contributed by atoms with Crippen molar-refractivity contribution in [1.82, 2.24) is 4.90 Å². The van der Waals surface area contributed by atoms with Gasteiger partial charge in [-0.15, -0.1) is 0 Å². The van der Waals surface area contributed by atoms with Crippen LogP contribution in [0.4, 0.5) is 0 Å². The molecule has 0 bridgehead atoms. The Balaban J connectivity index is 1.95. The standard InChI is InChI=1S/C10H16N2/c11-8-9-4-6-12-5-2-1-3-10(12)7-9/h9-10H,1-7H2. The highest BCUT2D eigenvalue weighted by Gasteiger charge is 2.29. The van der Waals surface area contributed by atoms with E-state index in [1.807, 2.05) is 0 Å². The predicted molar refractivity (Wildman–Crippen MR) is 47.5 cm³/mol. The molecule has 0 radical (unpaired) electrons. The second-order valence-electron chi connectivity index (χ2n) is 4.04. The Morgan fingerprint density at radius 2 is 2.08 bits per heavy atom. The van der Waals surface area contributed by atoms with Gasteiger partial charge in [-0.25, -0.2) is 0 Å². The maximum Gasteiger partial charge on any atom is 0.0656 e. The predicted octanol–water partition coefficient (Wildman–Crippen LogP) is 1.77. The van der Waals surface area contributed by atoms with Crippen molar-refractivity contribution in [2.24, 2.45) is 5.92 Å². The molecule has 66 valence electrons. The van der Waals surface area contributed by atoms with Crippen LogP contribution in [0.1, 0.15) is 32.1 Å². The third-order valence-electron chi connectivity index (χ3n) is 3.25. The van der Waals surface area contributed by atoms with Gasteiger partial charge in [-0.05, 0) is 38.8 Å². The van der Waals surface area contributed by atoms with Crippen LogP contribution < -0.4 is 0 Å². The zero-order chi connectivity index (χ0) is 8.39. The van der Waals surface area contributed by atoms with Crippen LogP contribution in [0.3, 0.4) is 0 Å². The smallest absolute Gasteiger partial charge is 0.0656 e. The summed E-state index contributed by atoms with van der Waals surface area (Å²) >= 11 is 0. The molecule has 0 aromatic heterocycles. The number of piperidine rings is 2. The lowest BCUT2D eigenvalue weighted by molar-refractivity contribution is 0.0925. The molecule has 0 saturated carbocycles. The van der Waals surface area contributed by atoms with Crippen LogP contribution in [0.25, 0.3) is 0 Å². The summed E-state index contributed by atoms with van der Waals surface area (Å²) in [5.74, 6) is 0.351. The van der Waals surface area contributed by atoms with Crippen molar-refractivity contribution in [3.8, 4) is 6.07 Å². The van der Waals surface area contributed by atoms with Crippen molar-refractivity contribution in [1.29, 1.82) is 5.26 Å². The molecule has 2 unspecified atom stereocenters. The van der Waals surface area contributed by atoms with Crippen molar-refractivity contribution in [2.45, 2.75) is 38.1 Å². The first kappa shape index (κ1) is 8.07. The van der Waals surface area contributed by atoms with E-state index in [-0.39, 0.29) is 0 Å². The van der Waals surface area contributed by atoms with Crippen LogP contribution in [0.15, 0.2) is 0 Å². The minimum atomic E-state index is 0.351. The van der Waals surface area contributed by atoms with E-state index in [0.717, 1.165) is 18.9 Å². The number of hydrogen-bond acceptors (Lipinski definition) is 2. The monoisotopic (exact) mass is 164 g/mol. The Hall–Kier alpha value is -0.550. The molecule has 0 spiro atoms.